The summed E-state index contributed by atoms with van der Waals surface area (Å²) in [6, 6.07) is 6.92. The number of H-pyrrole nitrogens is 1. The maximum atomic E-state index is 13.0. The molecule has 0 atom stereocenters. The molecule has 2 amide bonds. The molecule has 0 aliphatic heterocycles. The number of carbonyl (C=O) groups excluding carboxylic acids is 2. The number of hydrogen-bond donors (Lipinski definition) is 3. The summed E-state index contributed by atoms with van der Waals surface area (Å²) in [6.07, 6.45) is 3.00. The van der Waals surface area contributed by atoms with E-state index in [1.807, 2.05) is 13.8 Å². The molecule has 0 aliphatic carbocycles. The topological polar surface area (TPSA) is 140 Å². The highest BCUT2D eigenvalue weighted by Gasteiger charge is 2.24. The van der Waals surface area contributed by atoms with Crippen LogP contribution in [0, 0.1) is 0 Å². The highest BCUT2D eigenvalue weighted by molar-refractivity contribution is 8.00. The van der Waals surface area contributed by atoms with Crippen molar-refractivity contribution in [1.82, 2.24) is 9.55 Å². The Morgan fingerprint density at radius 1 is 1.12 bits per heavy atom. The van der Waals surface area contributed by atoms with E-state index < -0.39 is 11.2 Å². The molecule has 0 saturated heterocycles. The van der Waals surface area contributed by atoms with Gasteiger partial charge in [0, 0.05) is 18.8 Å². The van der Waals surface area contributed by atoms with E-state index in [0.717, 1.165) is 24.6 Å². The van der Waals surface area contributed by atoms with E-state index in [1.54, 1.807) is 31.4 Å². The highest BCUT2D eigenvalue weighted by atomic mass is 32.2. The zero-order chi connectivity index (χ0) is 25.1. The maximum absolute atomic E-state index is 13.0. The summed E-state index contributed by atoms with van der Waals surface area (Å²) in [5.74, 6) is 0.0879. The first-order valence-corrected chi connectivity index (χ1v) is 12.4. The van der Waals surface area contributed by atoms with Gasteiger partial charge in [0.1, 0.15) is 11.6 Å². The molecule has 0 unspecified atom stereocenters. The van der Waals surface area contributed by atoms with Gasteiger partial charge in [0.15, 0.2) is 5.69 Å². The minimum Gasteiger partial charge on any atom is -0.497 e. The minimum absolute atomic E-state index is 0.0163. The van der Waals surface area contributed by atoms with Crippen molar-refractivity contribution in [1.29, 1.82) is 0 Å². The molecule has 1 heterocycles. The van der Waals surface area contributed by atoms with Crippen LogP contribution < -0.4 is 31.9 Å². The third-order valence-electron chi connectivity index (χ3n) is 5.09. The second kappa shape index (κ2) is 13.5. The number of carbonyl (C=O) groups is 2. The smallest absolute Gasteiger partial charge is 0.330 e. The molecular weight excluding hydrogens is 458 g/mol. The van der Waals surface area contributed by atoms with E-state index in [-0.39, 0.29) is 41.4 Å². The number of anilines is 3. The predicted octanol–water partition coefficient (Wildman–Crippen LogP) is 2.43. The molecule has 0 aliphatic rings. The molecule has 186 valence electrons. The fraction of sp³-hybridized carbons (Fsp3) is 0.478. The normalized spacial score (nSPS) is 10.7. The van der Waals surface area contributed by atoms with E-state index in [1.165, 1.54) is 9.47 Å². The van der Waals surface area contributed by atoms with Gasteiger partial charge >= 0.3 is 5.69 Å². The summed E-state index contributed by atoms with van der Waals surface area (Å²) >= 11 is 1.14. The third-order valence-corrected chi connectivity index (χ3v) is 6.01. The molecule has 0 radical (unpaired) electrons. The maximum Gasteiger partial charge on any atom is 0.330 e. The van der Waals surface area contributed by atoms with Crippen molar-refractivity contribution in [2.75, 3.05) is 41.1 Å². The van der Waals surface area contributed by atoms with Crippen LogP contribution >= 0.6 is 11.8 Å². The summed E-state index contributed by atoms with van der Waals surface area (Å²) in [5.41, 5.74) is 5.51. The van der Waals surface area contributed by atoms with Crippen LogP contribution in [0.5, 0.6) is 5.75 Å². The zero-order valence-corrected chi connectivity index (χ0v) is 20.7. The largest absolute Gasteiger partial charge is 0.497 e. The van der Waals surface area contributed by atoms with Crippen LogP contribution in [0.15, 0.2) is 33.9 Å². The Hall–Kier alpha value is -3.21. The Morgan fingerprint density at radius 3 is 2.41 bits per heavy atom. The lowest BCUT2D eigenvalue weighted by molar-refractivity contribution is -0.116. The van der Waals surface area contributed by atoms with Crippen molar-refractivity contribution in [3.8, 4) is 5.75 Å². The summed E-state index contributed by atoms with van der Waals surface area (Å²) < 4.78 is 6.38. The molecule has 0 bridgehead atoms. The van der Waals surface area contributed by atoms with Gasteiger partial charge in [-0.15, -0.1) is 11.8 Å². The Bertz CT molecular complexity index is 1080. The minimum atomic E-state index is -0.693. The third kappa shape index (κ3) is 7.41. The molecule has 4 N–H and O–H groups in total. The number of nitrogens with two attached hydrogens (primary N) is 1. The summed E-state index contributed by atoms with van der Waals surface area (Å²) in [6.45, 7) is 4.58. The number of aromatic amines is 1. The molecule has 34 heavy (non-hydrogen) atoms. The Kier molecular flexibility index (Phi) is 10.7. The summed E-state index contributed by atoms with van der Waals surface area (Å²) in [5, 5.41) is 2.76. The molecule has 10 nitrogen and oxygen atoms in total. The second-order valence-electron chi connectivity index (χ2n) is 7.67. The second-order valence-corrected chi connectivity index (χ2v) is 8.65. The van der Waals surface area contributed by atoms with Gasteiger partial charge in [-0.05, 0) is 37.1 Å². The van der Waals surface area contributed by atoms with E-state index in [2.05, 4.69) is 10.3 Å². The lowest BCUT2D eigenvalue weighted by atomic mass is 10.2. The number of benzene rings is 1. The lowest BCUT2D eigenvalue weighted by Crippen LogP contribution is -2.42. The van der Waals surface area contributed by atoms with Crippen LogP contribution in [-0.2, 0) is 16.1 Å². The van der Waals surface area contributed by atoms with Gasteiger partial charge in [-0.25, -0.2) is 4.79 Å². The van der Waals surface area contributed by atoms with E-state index in [4.69, 9.17) is 10.5 Å². The fourth-order valence-electron chi connectivity index (χ4n) is 3.23. The molecule has 0 fully saturated rings. The van der Waals surface area contributed by atoms with Gasteiger partial charge < -0.3 is 20.7 Å². The first-order valence-electron chi connectivity index (χ1n) is 11.3. The van der Waals surface area contributed by atoms with E-state index in [9.17, 15) is 19.2 Å². The van der Waals surface area contributed by atoms with Crippen LogP contribution in [0.3, 0.4) is 0 Å². The van der Waals surface area contributed by atoms with Gasteiger partial charge in [0.05, 0.1) is 18.6 Å². The van der Waals surface area contributed by atoms with Gasteiger partial charge in [0.25, 0.3) is 5.56 Å². The van der Waals surface area contributed by atoms with Crippen molar-refractivity contribution in [3.05, 3.63) is 45.1 Å². The molecule has 2 aromatic rings. The number of unbranched alkanes of at least 4 members (excludes halogenated alkanes) is 2. The van der Waals surface area contributed by atoms with Crippen molar-refractivity contribution >= 4 is 40.8 Å². The Morgan fingerprint density at radius 2 is 1.79 bits per heavy atom. The molecular formula is C23H33N5O5S. The highest BCUT2D eigenvalue weighted by Crippen LogP contribution is 2.20. The molecule has 0 saturated carbocycles. The molecule has 1 aromatic heterocycles. The summed E-state index contributed by atoms with van der Waals surface area (Å²) in [4.78, 5) is 53.7. The monoisotopic (exact) mass is 491 g/mol. The van der Waals surface area contributed by atoms with E-state index >= 15 is 0 Å². The number of hydrogen-bond acceptors (Lipinski definition) is 7. The first kappa shape index (κ1) is 27.0. The zero-order valence-electron chi connectivity index (χ0n) is 19.9. The average Bonchev–Trinajstić information content (AvgIpc) is 2.81. The van der Waals surface area contributed by atoms with E-state index in [0.29, 0.717) is 30.8 Å². The van der Waals surface area contributed by atoms with Gasteiger partial charge in [-0.2, -0.15) is 0 Å². The quantitative estimate of drug-likeness (QED) is 0.391. The van der Waals surface area contributed by atoms with Crippen molar-refractivity contribution < 1.29 is 14.3 Å². The summed E-state index contributed by atoms with van der Waals surface area (Å²) in [7, 11) is 1.56. The van der Waals surface area contributed by atoms with Crippen LogP contribution in [0.4, 0.5) is 17.2 Å². The number of thioether (sulfide) groups is 1. The number of ether oxygens (including phenoxy) is 1. The lowest BCUT2D eigenvalue weighted by Gasteiger charge is -2.24. The fourth-order valence-corrected chi connectivity index (χ4v) is 3.92. The van der Waals surface area contributed by atoms with Crippen molar-refractivity contribution in [2.24, 2.45) is 0 Å². The Balaban J connectivity index is 2.10. The molecule has 11 heteroatoms. The number of nitrogens with zero attached hydrogens (tertiary/aromatic N) is 2. The number of methoxy groups -OCH3 is 1. The standard InChI is InChI=1S/C23H33N5O5S/c1-4-6-12-27(20-21(24)28(13-7-5-2)23(32)26-22(20)31)19(30)15-34-14-18(29)25-16-8-10-17(33-3)11-9-16/h8-11H,4-7,12-15,24H2,1-3H3,(H,25,29)(H,26,31,32). The van der Waals surface area contributed by atoms with Crippen LogP contribution in [0.25, 0.3) is 0 Å². The van der Waals surface area contributed by atoms with Crippen molar-refractivity contribution in [2.45, 2.75) is 46.1 Å². The first-order chi connectivity index (χ1) is 16.3. The number of rotatable bonds is 13. The Labute approximate surface area is 202 Å². The molecule has 2 rings (SSSR count). The SMILES string of the molecule is CCCCN(C(=O)CSCC(=O)Nc1ccc(OC)cc1)c1c(N)n(CCCC)c(=O)[nH]c1=O. The van der Waals surface area contributed by atoms with Crippen LogP contribution in [0.2, 0.25) is 0 Å². The van der Waals surface area contributed by atoms with Gasteiger partial charge in [0.2, 0.25) is 11.8 Å². The number of amides is 2. The predicted molar refractivity (Wildman–Crippen MR) is 137 cm³/mol. The van der Waals surface area contributed by atoms with Gasteiger partial charge in [-0.3, -0.25) is 23.9 Å². The average molecular weight is 492 g/mol. The van der Waals surface area contributed by atoms with Crippen LogP contribution in [0.1, 0.15) is 39.5 Å². The number of aromatic nitrogens is 2. The number of nitrogen functional groups attached to an aromatic ring is 1. The van der Waals surface area contributed by atoms with Gasteiger partial charge in [-0.1, -0.05) is 26.7 Å². The molecule has 1 aromatic carbocycles. The van der Waals surface area contributed by atoms with Crippen LogP contribution in [-0.4, -0.2) is 46.5 Å². The molecule has 0 spiro atoms. The van der Waals surface area contributed by atoms with Crippen molar-refractivity contribution in [3.63, 3.8) is 0 Å². The number of nitrogens with one attached hydrogen (secondary N) is 2.